The van der Waals surface area contributed by atoms with Gasteiger partial charge in [-0.25, -0.2) is 9.69 Å². The second-order valence-electron chi connectivity index (χ2n) is 8.89. The minimum Gasteiger partial charge on any atom is -0.462 e. The van der Waals surface area contributed by atoms with E-state index in [9.17, 15) is 19.2 Å². The molecule has 3 aliphatic carbocycles. The minimum absolute atomic E-state index is 0.146. The first-order chi connectivity index (χ1) is 16.6. The summed E-state index contributed by atoms with van der Waals surface area (Å²) in [5.41, 5.74) is 2.42. The van der Waals surface area contributed by atoms with E-state index < -0.39 is 35.0 Å². The molecule has 6 heteroatoms. The molecule has 3 aromatic carbocycles. The van der Waals surface area contributed by atoms with Crippen LogP contribution in [-0.2, 0) is 24.5 Å². The van der Waals surface area contributed by atoms with Gasteiger partial charge in [0.25, 0.3) is 0 Å². The summed E-state index contributed by atoms with van der Waals surface area (Å²) in [6, 6.07) is 21.6. The second kappa shape index (κ2) is 7.22. The number of anilines is 1. The molecular formula is C28H21NO5. The van der Waals surface area contributed by atoms with Crippen LogP contribution in [0, 0.1) is 11.8 Å². The molecule has 2 amide bonds. The van der Waals surface area contributed by atoms with Crippen LogP contribution in [0.3, 0.4) is 0 Å². The van der Waals surface area contributed by atoms with E-state index in [1.54, 1.807) is 31.2 Å². The zero-order chi connectivity index (χ0) is 23.6. The molecule has 0 spiro atoms. The van der Waals surface area contributed by atoms with E-state index in [4.69, 9.17) is 4.74 Å². The van der Waals surface area contributed by atoms with Crippen molar-refractivity contribution in [2.24, 2.45) is 11.8 Å². The third-order valence-corrected chi connectivity index (χ3v) is 7.51. The van der Waals surface area contributed by atoms with Crippen LogP contribution in [0.2, 0.25) is 0 Å². The van der Waals surface area contributed by atoms with Gasteiger partial charge in [0, 0.05) is 5.92 Å². The molecule has 2 atom stereocenters. The molecule has 168 valence electrons. The molecule has 1 heterocycles. The van der Waals surface area contributed by atoms with Gasteiger partial charge >= 0.3 is 5.97 Å². The van der Waals surface area contributed by atoms with Crippen molar-refractivity contribution in [1.29, 1.82) is 0 Å². The summed E-state index contributed by atoms with van der Waals surface area (Å²) >= 11 is 0. The Bertz CT molecular complexity index is 1350. The molecule has 0 saturated carbocycles. The van der Waals surface area contributed by atoms with Crippen LogP contribution in [0.1, 0.15) is 45.5 Å². The molecule has 0 aromatic heterocycles. The fraction of sp³-hybridized carbons (Fsp3) is 0.214. The van der Waals surface area contributed by atoms with Gasteiger partial charge in [-0.15, -0.1) is 0 Å². The number of hydrogen-bond donors (Lipinski definition) is 0. The van der Waals surface area contributed by atoms with Crippen LogP contribution in [-0.4, -0.2) is 30.7 Å². The van der Waals surface area contributed by atoms with Gasteiger partial charge in [-0.2, -0.15) is 0 Å². The number of benzene rings is 3. The molecule has 1 saturated heterocycles. The van der Waals surface area contributed by atoms with E-state index in [0.29, 0.717) is 0 Å². The molecule has 6 nitrogen and oxygen atoms in total. The predicted octanol–water partition coefficient (Wildman–Crippen LogP) is 3.61. The van der Waals surface area contributed by atoms with Crippen LogP contribution in [0.5, 0.6) is 0 Å². The van der Waals surface area contributed by atoms with Crippen LogP contribution in [0.4, 0.5) is 5.69 Å². The zero-order valence-electron chi connectivity index (χ0n) is 18.4. The van der Waals surface area contributed by atoms with Crippen molar-refractivity contribution >= 4 is 29.8 Å². The van der Waals surface area contributed by atoms with E-state index in [-0.39, 0.29) is 23.8 Å². The number of para-hydroxylation sites is 1. The molecule has 3 aromatic rings. The van der Waals surface area contributed by atoms with Gasteiger partial charge in [-0.3, -0.25) is 9.59 Å². The molecule has 1 aliphatic heterocycles. The summed E-state index contributed by atoms with van der Waals surface area (Å²) in [7, 11) is 0. The number of imide groups is 1. The molecule has 4 aliphatic rings. The van der Waals surface area contributed by atoms with Gasteiger partial charge in [0.05, 0.1) is 35.1 Å². The van der Waals surface area contributed by atoms with Crippen molar-refractivity contribution in [1.82, 2.24) is 0 Å². The molecule has 7 rings (SSSR count). The highest BCUT2D eigenvalue weighted by Gasteiger charge is 2.68. The smallest absolute Gasteiger partial charge is 0.340 e. The standard InChI is InChI=1S/C28H21NO5/c1-2-34-27(33)18-11-5-8-14-21(18)29-25(31)23-22-16-9-3-6-12-19(16)28(15-30,24(23)26(29)32)20-13-7-4-10-17(20)22/h3-15,22-24H,2H2,1H3. The minimum atomic E-state index is -1.27. The molecule has 0 radical (unpaired) electrons. The van der Waals surface area contributed by atoms with E-state index in [0.717, 1.165) is 33.4 Å². The third-order valence-electron chi connectivity index (χ3n) is 7.51. The summed E-state index contributed by atoms with van der Waals surface area (Å²) in [5.74, 6) is -3.44. The van der Waals surface area contributed by atoms with E-state index in [1.165, 1.54) is 0 Å². The van der Waals surface area contributed by atoms with Crippen molar-refractivity contribution in [3.05, 3.63) is 101 Å². The van der Waals surface area contributed by atoms with Gasteiger partial charge in [0.15, 0.2) is 0 Å². The Morgan fingerprint density at radius 1 is 0.912 bits per heavy atom. The van der Waals surface area contributed by atoms with Crippen LogP contribution >= 0.6 is 0 Å². The van der Waals surface area contributed by atoms with Crippen molar-refractivity contribution in [2.45, 2.75) is 18.3 Å². The third kappa shape index (κ3) is 2.35. The van der Waals surface area contributed by atoms with Gasteiger partial charge in [-0.05, 0) is 41.3 Å². The number of nitrogens with zero attached hydrogens (tertiary/aromatic N) is 1. The maximum absolute atomic E-state index is 14.1. The van der Waals surface area contributed by atoms with Crippen LogP contribution < -0.4 is 4.90 Å². The second-order valence-corrected chi connectivity index (χ2v) is 8.89. The maximum Gasteiger partial charge on any atom is 0.340 e. The van der Waals surface area contributed by atoms with Gasteiger partial charge in [0.1, 0.15) is 6.29 Å². The first-order valence-electron chi connectivity index (χ1n) is 11.3. The van der Waals surface area contributed by atoms with Crippen LogP contribution in [0.25, 0.3) is 0 Å². The lowest BCUT2D eigenvalue weighted by atomic mass is 9.48. The number of aldehydes is 1. The highest BCUT2D eigenvalue weighted by atomic mass is 16.5. The first-order valence-corrected chi connectivity index (χ1v) is 11.3. The largest absolute Gasteiger partial charge is 0.462 e. The Hall–Kier alpha value is -4.06. The molecule has 1 fully saturated rings. The molecule has 2 unspecified atom stereocenters. The summed E-state index contributed by atoms with van der Waals surface area (Å²) in [6.07, 6.45) is 0.837. The average Bonchev–Trinajstić information content (AvgIpc) is 3.14. The van der Waals surface area contributed by atoms with Crippen molar-refractivity contribution in [3.63, 3.8) is 0 Å². The normalized spacial score (nSPS) is 26.0. The summed E-state index contributed by atoms with van der Waals surface area (Å²) in [6.45, 7) is 1.86. The lowest BCUT2D eigenvalue weighted by molar-refractivity contribution is -0.128. The number of carbonyl (C=O) groups is 4. The summed E-state index contributed by atoms with van der Waals surface area (Å²) in [4.78, 5) is 54.8. The quantitative estimate of drug-likeness (QED) is 0.344. The van der Waals surface area contributed by atoms with Gasteiger partial charge in [0.2, 0.25) is 11.8 Å². The highest BCUT2D eigenvalue weighted by molar-refractivity contribution is 6.26. The van der Waals surface area contributed by atoms with E-state index in [2.05, 4.69) is 0 Å². The summed E-state index contributed by atoms with van der Waals surface area (Å²) in [5, 5.41) is 0. The fourth-order valence-corrected chi connectivity index (χ4v) is 6.32. The molecule has 0 N–H and O–H groups in total. The number of esters is 1. The maximum atomic E-state index is 14.1. The molecule has 34 heavy (non-hydrogen) atoms. The lowest BCUT2D eigenvalue weighted by Gasteiger charge is -2.51. The Morgan fingerprint density at radius 3 is 2.12 bits per heavy atom. The predicted molar refractivity (Wildman–Crippen MR) is 123 cm³/mol. The van der Waals surface area contributed by atoms with Gasteiger partial charge in [-0.1, -0.05) is 60.7 Å². The van der Waals surface area contributed by atoms with Crippen molar-refractivity contribution in [3.8, 4) is 0 Å². The monoisotopic (exact) mass is 451 g/mol. The highest BCUT2D eigenvalue weighted by Crippen LogP contribution is 2.63. The number of hydrogen-bond acceptors (Lipinski definition) is 5. The Morgan fingerprint density at radius 2 is 1.50 bits per heavy atom. The number of carbonyl (C=O) groups excluding carboxylic acids is 4. The first kappa shape index (κ1) is 20.5. The lowest BCUT2D eigenvalue weighted by Crippen LogP contribution is -2.54. The van der Waals surface area contributed by atoms with Gasteiger partial charge < -0.3 is 9.53 Å². The number of rotatable bonds is 4. The molecule has 2 bridgehead atoms. The number of amides is 2. The van der Waals surface area contributed by atoms with Crippen LogP contribution in [0.15, 0.2) is 72.8 Å². The zero-order valence-corrected chi connectivity index (χ0v) is 18.4. The number of ether oxygens (including phenoxy) is 1. The fourth-order valence-electron chi connectivity index (χ4n) is 6.32. The Balaban J connectivity index is 1.59. The average molecular weight is 451 g/mol. The summed E-state index contributed by atoms with van der Waals surface area (Å²) < 4.78 is 5.17. The van der Waals surface area contributed by atoms with Crippen molar-refractivity contribution in [2.75, 3.05) is 11.5 Å². The Labute approximate surface area is 196 Å². The van der Waals surface area contributed by atoms with E-state index in [1.807, 2.05) is 48.5 Å². The van der Waals surface area contributed by atoms with E-state index >= 15 is 0 Å². The SMILES string of the molecule is CCOC(=O)c1ccccc1N1C(=O)C2C3c4ccccc4C(C=O)(c4ccccc43)C2C1=O. The Kier molecular flexibility index (Phi) is 4.36. The molecular weight excluding hydrogens is 430 g/mol. The topological polar surface area (TPSA) is 80.8 Å². The van der Waals surface area contributed by atoms with Crippen molar-refractivity contribution < 1.29 is 23.9 Å².